The van der Waals surface area contributed by atoms with Gasteiger partial charge in [-0.15, -0.1) is 0 Å². The van der Waals surface area contributed by atoms with E-state index < -0.39 is 10.5 Å². The third-order valence-corrected chi connectivity index (χ3v) is 3.23. The van der Waals surface area contributed by atoms with Crippen LogP contribution in [0.15, 0.2) is 18.3 Å². The van der Waals surface area contributed by atoms with Crippen molar-refractivity contribution in [3.05, 3.63) is 28.4 Å². The van der Waals surface area contributed by atoms with E-state index in [1.165, 1.54) is 18.3 Å². The first kappa shape index (κ1) is 11.8. The highest BCUT2D eigenvalue weighted by Crippen LogP contribution is 2.34. The van der Waals surface area contributed by atoms with E-state index in [1.807, 2.05) is 0 Å². The molecule has 0 radical (unpaired) electrons. The molecular formula is C11H15N3O3. The molecule has 2 rings (SSSR count). The second-order valence-electron chi connectivity index (χ2n) is 4.40. The van der Waals surface area contributed by atoms with Gasteiger partial charge in [-0.2, -0.15) is 0 Å². The molecule has 0 atom stereocenters. The molecule has 0 saturated heterocycles. The van der Waals surface area contributed by atoms with Gasteiger partial charge < -0.3 is 10.4 Å². The second-order valence-corrected chi connectivity index (χ2v) is 4.40. The van der Waals surface area contributed by atoms with Gasteiger partial charge in [-0.1, -0.05) is 12.8 Å². The Morgan fingerprint density at radius 2 is 2.24 bits per heavy atom. The lowest BCUT2D eigenvalue weighted by Crippen LogP contribution is -2.39. The van der Waals surface area contributed by atoms with E-state index in [4.69, 9.17) is 0 Å². The summed E-state index contributed by atoms with van der Waals surface area (Å²) in [5.74, 6) is 0.244. The molecule has 0 amide bonds. The molecule has 1 aliphatic carbocycles. The van der Waals surface area contributed by atoms with Crippen LogP contribution in [0.4, 0.5) is 11.5 Å². The number of nitro groups is 1. The van der Waals surface area contributed by atoms with Gasteiger partial charge >= 0.3 is 5.69 Å². The van der Waals surface area contributed by atoms with Gasteiger partial charge in [0.1, 0.15) is 0 Å². The number of anilines is 1. The Hall–Kier alpha value is -1.69. The van der Waals surface area contributed by atoms with Crippen molar-refractivity contribution in [3.8, 4) is 0 Å². The van der Waals surface area contributed by atoms with Gasteiger partial charge in [0.15, 0.2) is 0 Å². The molecule has 92 valence electrons. The summed E-state index contributed by atoms with van der Waals surface area (Å²) in [6, 6.07) is 2.94. The molecule has 6 heteroatoms. The summed E-state index contributed by atoms with van der Waals surface area (Å²) in [6.45, 7) is -0.0271. The minimum absolute atomic E-state index is 0.0271. The minimum Gasteiger partial charge on any atom is -0.394 e. The molecule has 1 fully saturated rings. The average molecular weight is 237 g/mol. The van der Waals surface area contributed by atoms with Crippen LogP contribution in [0.2, 0.25) is 0 Å². The molecule has 1 heterocycles. The number of rotatable bonds is 4. The van der Waals surface area contributed by atoms with E-state index in [1.54, 1.807) is 0 Å². The number of hydrogen-bond acceptors (Lipinski definition) is 5. The molecule has 1 aromatic rings. The smallest absolute Gasteiger partial charge is 0.311 e. The molecule has 1 saturated carbocycles. The largest absolute Gasteiger partial charge is 0.394 e. The Morgan fingerprint density at radius 3 is 2.82 bits per heavy atom. The van der Waals surface area contributed by atoms with Crippen LogP contribution in [0.1, 0.15) is 25.7 Å². The third kappa shape index (κ3) is 2.36. The lowest BCUT2D eigenvalue weighted by atomic mass is 9.99. The fraction of sp³-hybridized carbons (Fsp3) is 0.545. The van der Waals surface area contributed by atoms with Gasteiger partial charge in [0.25, 0.3) is 0 Å². The van der Waals surface area contributed by atoms with Crippen LogP contribution in [-0.4, -0.2) is 27.2 Å². The van der Waals surface area contributed by atoms with Crippen LogP contribution in [0.25, 0.3) is 0 Å². The molecule has 17 heavy (non-hydrogen) atoms. The standard InChI is InChI=1S/C11H15N3O3/c15-8-11(5-1-2-6-11)13-10-9(14(16)17)4-3-7-12-10/h3-4,7,15H,1-2,5-6,8H2,(H,12,13). The van der Waals surface area contributed by atoms with Gasteiger partial charge in [0, 0.05) is 12.3 Å². The molecule has 0 spiro atoms. The molecule has 1 aliphatic rings. The van der Waals surface area contributed by atoms with E-state index in [0.29, 0.717) is 0 Å². The van der Waals surface area contributed by atoms with Crippen LogP contribution in [0.5, 0.6) is 0 Å². The summed E-state index contributed by atoms with van der Waals surface area (Å²) in [7, 11) is 0. The fourth-order valence-corrected chi connectivity index (χ4v) is 2.27. The summed E-state index contributed by atoms with van der Waals surface area (Å²) in [5, 5.41) is 23.3. The normalized spacial score (nSPS) is 17.9. The Morgan fingerprint density at radius 1 is 1.53 bits per heavy atom. The maximum absolute atomic E-state index is 10.9. The first-order valence-electron chi connectivity index (χ1n) is 5.65. The molecule has 0 bridgehead atoms. The van der Waals surface area contributed by atoms with Crippen molar-refractivity contribution < 1.29 is 10.0 Å². The molecule has 0 unspecified atom stereocenters. The monoisotopic (exact) mass is 237 g/mol. The summed E-state index contributed by atoms with van der Waals surface area (Å²) < 4.78 is 0. The molecule has 0 aliphatic heterocycles. The summed E-state index contributed by atoms with van der Waals surface area (Å²) in [6.07, 6.45) is 5.19. The SMILES string of the molecule is O=[N+]([O-])c1cccnc1NC1(CO)CCCC1. The number of aliphatic hydroxyl groups excluding tert-OH is 1. The van der Waals surface area contributed by atoms with Crippen molar-refractivity contribution in [2.45, 2.75) is 31.2 Å². The molecule has 6 nitrogen and oxygen atoms in total. The fourth-order valence-electron chi connectivity index (χ4n) is 2.27. The van der Waals surface area contributed by atoms with Crippen molar-refractivity contribution in [1.29, 1.82) is 0 Å². The third-order valence-electron chi connectivity index (χ3n) is 3.23. The van der Waals surface area contributed by atoms with Crippen LogP contribution < -0.4 is 5.32 Å². The van der Waals surface area contributed by atoms with Crippen molar-refractivity contribution in [2.24, 2.45) is 0 Å². The lowest BCUT2D eigenvalue weighted by molar-refractivity contribution is -0.384. The summed E-state index contributed by atoms with van der Waals surface area (Å²) in [5.41, 5.74) is -0.494. The van der Waals surface area contributed by atoms with Crippen molar-refractivity contribution >= 4 is 11.5 Å². The van der Waals surface area contributed by atoms with E-state index in [2.05, 4.69) is 10.3 Å². The Kier molecular flexibility index (Phi) is 3.23. The molecule has 0 aromatic carbocycles. The predicted octanol–water partition coefficient (Wildman–Crippen LogP) is 1.71. The van der Waals surface area contributed by atoms with Crippen LogP contribution in [-0.2, 0) is 0 Å². The first-order chi connectivity index (χ1) is 8.17. The number of aromatic nitrogens is 1. The number of pyridine rings is 1. The molecular weight excluding hydrogens is 222 g/mol. The zero-order valence-corrected chi connectivity index (χ0v) is 9.43. The van der Waals surface area contributed by atoms with Crippen LogP contribution in [0.3, 0.4) is 0 Å². The summed E-state index contributed by atoms with van der Waals surface area (Å²) in [4.78, 5) is 14.4. The maximum Gasteiger partial charge on any atom is 0.311 e. The number of nitrogens with zero attached hydrogens (tertiary/aromatic N) is 2. The van der Waals surface area contributed by atoms with Crippen molar-refractivity contribution in [1.82, 2.24) is 4.98 Å². The Bertz CT molecular complexity index is 416. The Labute approximate surface area is 98.8 Å². The number of nitrogens with one attached hydrogen (secondary N) is 1. The van der Waals surface area contributed by atoms with E-state index in [9.17, 15) is 15.2 Å². The van der Waals surface area contributed by atoms with E-state index in [-0.39, 0.29) is 18.1 Å². The van der Waals surface area contributed by atoms with E-state index in [0.717, 1.165) is 25.7 Å². The Balaban J connectivity index is 2.26. The minimum atomic E-state index is -0.463. The highest BCUT2D eigenvalue weighted by atomic mass is 16.6. The average Bonchev–Trinajstić information content (AvgIpc) is 2.79. The van der Waals surface area contributed by atoms with Gasteiger partial charge in [-0.3, -0.25) is 10.1 Å². The number of aliphatic hydroxyl groups is 1. The topological polar surface area (TPSA) is 88.3 Å². The number of hydrogen-bond donors (Lipinski definition) is 2. The van der Waals surface area contributed by atoms with Gasteiger partial charge in [0.05, 0.1) is 17.1 Å². The molecule has 2 N–H and O–H groups in total. The van der Waals surface area contributed by atoms with Crippen molar-refractivity contribution in [2.75, 3.05) is 11.9 Å². The predicted molar refractivity (Wildman–Crippen MR) is 62.8 cm³/mol. The van der Waals surface area contributed by atoms with Gasteiger partial charge in [-0.25, -0.2) is 4.98 Å². The van der Waals surface area contributed by atoms with Crippen LogP contribution in [0, 0.1) is 10.1 Å². The highest BCUT2D eigenvalue weighted by Gasteiger charge is 2.35. The van der Waals surface area contributed by atoms with Crippen LogP contribution >= 0.6 is 0 Å². The van der Waals surface area contributed by atoms with Crippen molar-refractivity contribution in [3.63, 3.8) is 0 Å². The maximum atomic E-state index is 10.9. The zero-order chi connectivity index (χ0) is 12.3. The second kappa shape index (κ2) is 4.67. The van der Waals surface area contributed by atoms with Gasteiger partial charge in [-0.05, 0) is 18.9 Å². The first-order valence-corrected chi connectivity index (χ1v) is 5.65. The molecule has 1 aromatic heterocycles. The highest BCUT2D eigenvalue weighted by molar-refractivity contribution is 5.56. The van der Waals surface area contributed by atoms with E-state index >= 15 is 0 Å². The lowest BCUT2D eigenvalue weighted by Gasteiger charge is -2.28. The zero-order valence-electron chi connectivity index (χ0n) is 9.43. The van der Waals surface area contributed by atoms with Gasteiger partial charge in [0.2, 0.25) is 5.82 Å². The summed E-state index contributed by atoms with van der Waals surface area (Å²) >= 11 is 0. The quantitative estimate of drug-likeness (QED) is 0.614.